The summed E-state index contributed by atoms with van der Waals surface area (Å²) in [5, 5.41) is 19.1. The topological polar surface area (TPSA) is 87.6 Å². The lowest BCUT2D eigenvalue weighted by atomic mass is 10.0. The zero-order valence-corrected chi connectivity index (χ0v) is 18.8. The summed E-state index contributed by atoms with van der Waals surface area (Å²) >= 11 is 0. The molecule has 1 atom stereocenters. The molecule has 8 nitrogen and oxygen atoms in total. The second-order valence-electron chi connectivity index (χ2n) is 8.40. The van der Waals surface area contributed by atoms with Gasteiger partial charge in [-0.3, -0.25) is 19.4 Å². The van der Waals surface area contributed by atoms with Crippen LogP contribution in [0.3, 0.4) is 0 Å². The SMILES string of the molecule is CCN1CCN(CC)CCN([C@H](CCC(C)C)C(=O)O)CCN(CC(=O)O)CC1. The quantitative estimate of drug-likeness (QED) is 0.582. The predicted octanol–water partition coefficient (Wildman–Crippen LogP) is 1.22. The lowest BCUT2D eigenvalue weighted by Crippen LogP contribution is -2.51. The van der Waals surface area contributed by atoms with Gasteiger partial charge in [-0.1, -0.05) is 27.7 Å². The Hall–Kier alpha value is -1.22. The predicted molar refractivity (Wildman–Crippen MR) is 115 cm³/mol. The van der Waals surface area contributed by atoms with Crippen molar-refractivity contribution >= 4 is 11.9 Å². The molecular formula is C21H42N4O4. The van der Waals surface area contributed by atoms with Crippen LogP contribution in [-0.4, -0.2) is 120 Å². The smallest absolute Gasteiger partial charge is 0.320 e. The summed E-state index contributed by atoms with van der Waals surface area (Å²) in [6, 6.07) is -0.516. The van der Waals surface area contributed by atoms with Gasteiger partial charge in [0.1, 0.15) is 6.04 Å². The van der Waals surface area contributed by atoms with E-state index in [0.29, 0.717) is 38.5 Å². The van der Waals surface area contributed by atoms with E-state index in [2.05, 4.69) is 42.4 Å². The number of carbonyl (C=O) groups is 2. The molecule has 0 radical (unpaired) electrons. The van der Waals surface area contributed by atoms with Gasteiger partial charge in [-0.05, 0) is 31.8 Å². The minimum Gasteiger partial charge on any atom is -0.480 e. The summed E-state index contributed by atoms with van der Waals surface area (Å²) in [7, 11) is 0. The van der Waals surface area contributed by atoms with E-state index in [1.165, 1.54) is 0 Å². The van der Waals surface area contributed by atoms with Gasteiger partial charge >= 0.3 is 11.9 Å². The van der Waals surface area contributed by atoms with Crippen LogP contribution in [0.1, 0.15) is 40.5 Å². The molecule has 1 fully saturated rings. The summed E-state index contributed by atoms with van der Waals surface area (Å²) in [4.78, 5) is 32.1. The van der Waals surface area contributed by atoms with Crippen molar-refractivity contribution in [1.29, 1.82) is 0 Å². The fourth-order valence-electron chi connectivity index (χ4n) is 3.80. The first-order chi connectivity index (χ1) is 13.8. The Bertz CT molecular complexity index is 489. The van der Waals surface area contributed by atoms with Gasteiger partial charge in [-0.25, -0.2) is 0 Å². The summed E-state index contributed by atoms with van der Waals surface area (Å²) in [5.41, 5.74) is 0. The Morgan fingerprint density at radius 1 is 0.759 bits per heavy atom. The summed E-state index contributed by atoms with van der Waals surface area (Å²) in [6.45, 7) is 16.5. The molecule has 0 unspecified atom stereocenters. The summed E-state index contributed by atoms with van der Waals surface area (Å²) in [6.07, 6.45) is 1.50. The number of rotatable bonds is 9. The van der Waals surface area contributed by atoms with Crippen molar-refractivity contribution in [3.05, 3.63) is 0 Å². The van der Waals surface area contributed by atoms with Crippen molar-refractivity contribution in [2.75, 3.05) is 72.0 Å². The highest BCUT2D eigenvalue weighted by Gasteiger charge is 2.27. The van der Waals surface area contributed by atoms with Crippen molar-refractivity contribution in [2.24, 2.45) is 5.92 Å². The molecule has 0 saturated carbocycles. The van der Waals surface area contributed by atoms with Crippen molar-refractivity contribution < 1.29 is 19.8 Å². The van der Waals surface area contributed by atoms with Gasteiger partial charge < -0.3 is 20.0 Å². The molecule has 170 valence electrons. The number of hydrogen-bond acceptors (Lipinski definition) is 6. The zero-order chi connectivity index (χ0) is 21.8. The Morgan fingerprint density at radius 2 is 1.21 bits per heavy atom. The van der Waals surface area contributed by atoms with Gasteiger partial charge in [0.2, 0.25) is 0 Å². The number of aliphatic carboxylic acids is 2. The summed E-state index contributed by atoms with van der Waals surface area (Å²) < 4.78 is 0. The van der Waals surface area contributed by atoms with Crippen LogP contribution < -0.4 is 0 Å². The average molecular weight is 415 g/mol. The van der Waals surface area contributed by atoms with Crippen LogP contribution in [0.4, 0.5) is 0 Å². The third-order valence-electron chi connectivity index (χ3n) is 5.87. The molecule has 0 aromatic heterocycles. The lowest BCUT2D eigenvalue weighted by molar-refractivity contribution is -0.144. The molecular weight excluding hydrogens is 372 g/mol. The van der Waals surface area contributed by atoms with Gasteiger partial charge in [0.25, 0.3) is 0 Å². The van der Waals surface area contributed by atoms with Crippen molar-refractivity contribution in [3.8, 4) is 0 Å². The first-order valence-corrected chi connectivity index (χ1v) is 11.1. The fourth-order valence-corrected chi connectivity index (χ4v) is 3.80. The maximum atomic E-state index is 12.0. The Kier molecular flexibility index (Phi) is 12.4. The normalized spacial score (nSPS) is 20.9. The first kappa shape index (κ1) is 25.8. The number of carboxylic acid groups (broad SMARTS) is 2. The van der Waals surface area contributed by atoms with E-state index in [0.717, 1.165) is 45.7 Å². The third-order valence-corrected chi connectivity index (χ3v) is 5.87. The third kappa shape index (κ3) is 10.4. The molecule has 1 aliphatic rings. The average Bonchev–Trinajstić information content (AvgIpc) is 2.64. The molecule has 29 heavy (non-hydrogen) atoms. The maximum Gasteiger partial charge on any atom is 0.320 e. The van der Waals surface area contributed by atoms with Crippen LogP contribution in [0.2, 0.25) is 0 Å². The van der Waals surface area contributed by atoms with Crippen LogP contribution >= 0.6 is 0 Å². The molecule has 0 spiro atoms. The lowest BCUT2D eigenvalue weighted by Gasteiger charge is -2.35. The molecule has 0 bridgehead atoms. The first-order valence-electron chi connectivity index (χ1n) is 11.1. The monoisotopic (exact) mass is 414 g/mol. The maximum absolute atomic E-state index is 12.0. The van der Waals surface area contributed by atoms with Gasteiger partial charge in [-0.2, -0.15) is 0 Å². The number of nitrogens with zero attached hydrogens (tertiary/aromatic N) is 4. The van der Waals surface area contributed by atoms with Crippen molar-refractivity contribution in [2.45, 2.75) is 46.6 Å². The number of carboxylic acids is 2. The molecule has 0 aromatic carbocycles. The van der Waals surface area contributed by atoms with Crippen molar-refractivity contribution in [1.82, 2.24) is 19.6 Å². The molecule has 1 rings (SSSR count). The van der Waals surface area contributed by atoms with E-state index in [9.17, 15) is 19.8 Å². The molecule has 1 saturated heterocycles. The molecule has 0 aromatic rings. The van der Waals surface area contributed by atoms with E-state index in [4.69, 9.17) is 0 Å². The molecule has 1 aliphatic heterocycles. The molecule has 0 amide bonds. The Labute approximate surface area is 176 Å². The van der Waals surface area contributed by atoms with Crippen LogP contribution in [0, 0.1) is 5.92 Å². The van der Waals surface area contributed by atoms with E-state index in [-0.39, 0.29) is 6.54 Å². The van der Waals surface area contributed by atoms with Gasteiger partial charge in [0.05, 0.1) is 6.54 Å². The van der Waals surface area contributed by atoms with Crippen LogP contribution in [0.25, 0.3) is 0 Å². The minimum atomic E-state index is -0.835. The second-order valence-corrected chi connectivity index (χ2v) is 8.40. The molecule has 8 heteroatoms. The molecule has 2 N–H and O–H groups in total. The summed E-state index contributed by atoms with van der Waals surface area (Å²) in [5.74, 6) is -1.15. The van der Waals surface area contributed by atoms with Crippen LogP contribution in [0.15, 0.2) is 0 Å². The standard InChI is InChI=1S/C21H42N4O4/c1-5-22-9-10-23(6-2)13-15-25(19(21(28)29)8-7-18(3)4)16-14-24(12-11-22)17-20(26)27/h18-19H,5-17H2,1-4H3,(H,26,27)(H,28,29)/t19-/m1/s1. The fraction of sp³-hybridized carbons (Fsp3) is 0.905. The Morgan fingerprint density at radius 3 is 1.62 bits per heavy atom. The van der Waals surface area contributed by atoms with E-state index >= 15 is 0 Å². The second kappa shape index (κ2) is 13.9. The highest BCUT2D eigenvalue weighted by Crippen LogP contribution is 2.14. The molecule has 1 heterocycles. The Balaban J connectivity index is 2.95. The van der Waals surface area contributed by atoms with Crippen molar-refractivity contribution in [3.63, 3.8) is 0 Å². The van der Waals surface area contributed by atoms with Gasteiger partial charge in [-0.15, -0.1) is 0 Å². The van der Waals surface area contributed by atoms with Gasteiger partial charge in [0, 0.05) is 52.4 Å². The highest BCUT2D eigenvalue weighted by molar-refractivity contribution is 5.73. The van der Waals surface area contributed by atoms with Crippen LogP contribution in [-0.2, 0) is 9.59 Å². The number of hydrogen-bond donors (Lipinski definition) is 2. The molecule has 0 aliphatic carbocycles. The van der Waals surface area contributed by atoms with E-state index < -0.39 is 18.0 Å². The van der Waals surface area contributed by atoms with E-state index in [1.807, 2.05) is 4.90 Å². The highest BCUT2D eigenvalue weighted by atomic mass is 16.4. The number of likely N-dealkylation sites (N-methyl/N-ethyl adjacent to an activating group) is 2. The van der Waals surface area contributed by atoms with Crippen LogP contribution in [0.5, 0.6) is 0 Å². The largest absolute Gasteiger partial charge is 0.480 e. The zero-order valence-electron chi connectivity index (χ0n) is 18.8. The minimum absolute atomic E-state index is 0.00376. The van der Waals surface area contributed by atoms with E-state index in [1.54, 1.807) is 0 Å². The van der Waals surface area contributed by atoms with Gasteiger partial charge in [0.15, 0.2) is 0 Å².